The molecular formula is C24H27FN2O3. The Balaban J connectivity index is 1.53. The summed E-state index contributed by atoms with van der Waals surface area (Å²) >= 11 is 0. The van der Waals surface area contributed by atoms with Gasteiger partial charge in [-0.25, -0.2) is 4.39 Å². The zero-order chi connectivity index (χ0) is 20.9. The summed E-state index contributed by atoms with van der Waals surface area (Å²) in [4.78, 5) is 2.42. The number of hydrogen-bond acceptors (Lipinski definition) is 4. The molecule has 1 saturated heterocycles. The predicted molar refractivity (Wildman–Crippen MR) is 115 cm³/mol. The van der Waals surface area contributed by atoms with Crippen LogP contribution in [0, 0.1) is 5.82 Å². The number of piperidine rings is 1. The first-order valence-corrected chi connectivity index (χ1v) is 10.4. The number of aromatic nitrogens is 1. The van der Waals surface area contributed by atoms with Gasteiger partial charge in [0.2, 0.25) is 5.88 Å². The Morgan fingerprint density at radius 1 is 0.967 bits per heavy atom. The molecule has 0 amide bonds. The Hall–Kier alpha value is -2.99. The Kier molecular flexibility index (Phi) is 6.23. The molecule has 2 aromatic carbocycles. The van der Waals surface area contributed by atoms with Crippen LogP contribution >= 0.6 is 0 Å². The topological polar surface area (TPSA) is 46.9 Å². The Labute approximate surface area is 176 Å². The second-order valence-electron chi connectivity index (χ2n) is 7.52. The van der Waals surface area contributed by atoms with Crippen LogP contribution in [0.3, 0.4) is 0 Å². The van der Waals surface area contributed by atoms with Gasteiger partial charge in [0.05, 0.1) is 12.8 Å². The molecule has 0 saturated carbocycles. The number of methoxy groups -OCH3 is 1. The van der Waals surface area contributed by atoms with Gasteiger partial charge in [-0.1, -0.05) is 18.6 Å². The SMILES string of the molecule is COc1ccc(-n2ccc(-c3ccc(F)cc3)c2O)cc1OCCN1CCCCC1. The van der Waals surface area contributed by atoms with Gasteiger partial charge in [0.1, 0.15) is 12.4 Å². The van der Waals surface area contributed by atoms with Gasteiger partial charge in [0.25, 0.3) is 0 Å². The second kappa shape index (κ2) is 9.22. The van der Waals surface area contributed by atoms with E-state index in [1.165, 1.54) is 31.4 Å². The molecule has 0 unspecified atom stereocenters. The molecule has 0 aliphatic carbocycles. The van der Waals surface area contributed by atoms with Gasteiger partial charge in [-0.2, -0.15) is 0 Å². The van der Waals surface area contributed by atoms with Gasteiger partial charge < -0.3 is 14.6 Å². The fraction of sp³-hybridized carbons (Fsp3) is 0.333. The molecule has 0 radical (unpaired) electrons. The molecule has 4 rings (SSSR count). The summed E-state index contributed by atoms with van der Waals surface area (Å²) in [5.41, 5.74) is 2.15. The van der Waals surface area contributed by atoms with Crippen LogP contribution in [0.25, 0.3) is 16.8 Å². The Morgan fingerprint density at radius 2 is 1.73 bits per heavy atom. The summed E-state index contributed by atoms with van der Waals surface area (Å²) in [6.45, 7) is 3.73. The van der Waals surface area contributed by atoms with Crippen molar-refractivity contribution >= 4 is 0 Å². The molecule has 1 aromatic heterocycles. The van der Waals surface area contributed by atoms with Crippen LogP contribution in [-0.4, -0.2) is 47.9 Å². The first-order valence-electron chi connectivity index (χ1n) is 10.4. The van der Waals surface area contributed by atoms with E-state index in [1.54, 1.807) is 30.0 Å². The van der Waals surface area contributed by atoms with Crippen molar-refractivity contribution < 1.29 is 19.0 Å². The molecule has 1 aliphatic rings. The van der Waals surface area contributed by atoms with E-state index in [2.05, 4.69) is 4.90 Å². The molecule has 0 atom stereocenters. The zero-order valence-electron chi connectivity index (χ0n) is 17.2. The quantitative estimate of drug-likeness (QED) is 0.604. The Bertz CT molecular complexity index is 979. The smallest absolute Gasteiger partial charge is 0.203 e. The molecule has 3 aromatic rings. The third-order valence-corrected chi connectivity index (χ3v) is 5.55. The zero-order valence-corrected chi connectivity index (χ0v) is 17.2. The highest BCUT2D eigenvalue weighted by Crippen LogP contribution is 2.35. The lowest BCUT2D eigenvalue weighted by Crippen LogP contribution is -2.33. The molecule has 1 N–H and O–H groups in total. The lowest BCUT2D eigenvalue weighted by Gasteiger charge is -2.26. The number of ether oxygens (including phenoxy) is 2. The van der Waals surface area contributed by atoms with E-state index in [0.717, 1.165) is 30.9 Å². The van der Waals surface area contributed by atoms with Gasteiger partial charge in [-0.3, -0.25) is 9.47 Å². The van der Waals surface area contributed by atoms with Gasteiger partial charge in [-0.15, -0.1) is 0 Å². The van der Waals surface area contributed by atoms with Crippen molar-refractivity contribution in [3.8, 4) is 34.2 Å². The molecule has 1 fully saturated rings. The van der Waals surface area contributed by atoms with Crippen molar-refractivity contribution in [1.29, 1.82) is 0 Å². The average molecular weight is 410 g/mol. The molecule has 1 aliphatic heterocycles. The molecule has 0 spiro atoms. The standard InChI is InChI=1S/C24H27FN2O3/c1-29-22-10-9-20(17-23(22)30-16-15-26-12-3-2-4-13-26)27-14-11-21(24(27)28)18-5-7-19(25)8-6-18/h5-11,14,17,28H,2-4,12-13,15-16H2,1H3. The fourth-order valence-corrected chi connectivity index (χ4v) is 3.88. The number of benzene rings is 2. The number of rotatable bonds is 7. The molecule has 5 nitrogen and oxygen atoms in total. The predicted octanol–water partition coefficient (Wildman–Crippen LogP) is 4.86. The highest BCUT2D eigenvalue weighted by atomic mass is 19.1. The van der Waals surface area contributed by atoms with Crippen molar-refractivity contribution in [2.45, 2.75) is 19.3 Å². The highest BCUT2D eigenvalue weighted by molar-refractivity contribution is 5.70. The lowest BCUT2D eigenvalue weighted by atomic mass is 10.1. The van der Waals surface area contributed by atoms with Gasteiger partial charge in [0, 0.05) is 24.4 Å². The minimum Gasteiger partial charge on any atom is -0.494 e. The minimum atomic E-state index is -0.306. The maximum atomic E-state index is 13.2. The monoisotopic (exact) mass is 410 g/mol. The number of halogens is 1. The van der Waals surface area contributed by atoms with Gasteiger partial charge in [0.15, 0.2) is 11.5 Å². The first-order chi connectivity index (χ1) is 14.7. The highest BCUT2D eigenvalue weighted by Gasteiger charge is 2.15. The summed E-state index contributed by atoms with van der Waals surface area (Å²) in [5, 5.41) is 10.8. The average Bonchev–Trinajstić information content (AvgIpc) is 3.16. The molecule has 6 heteroatoms. The van der Waals surface area contributed by atoms with E-state index in [9.17, 15) is 9.50 Å². The van der Waals surface area contributed by atoms with Crippen LogP contribution < -0.4 is 9.47 Å². The van der Waals surface area contributed by atoms with Crippen LogP contribution in [0.2, 0.25) is 0 Å². The van der Waals surface area contributed by atoms with E-state index >= 15 is 0 Å². The molecule has 2 heterocycles. The van der Waals surface area contributed by atoms with Gasteiger partial charge >= 0.3 is 0 Å². The van der Waals surface area contributed by atoms with Crippen molar-refractivity contribution in [1.82, 2.24) is 9.47 Å². The largest absolute Gasteiger partial charge is 0.494 e. The van der Waals surface area contributed by atoms with E-state index in [0.29, 0.717) is 23.7 Å². The van der Waals surface area contributed by atoms with E-state index in [1.807, 2.05) is 24.3 Å². The van der Waals surface area contributed by atoms with Crippen LogP contribution in [0.5, 0.6) is 17.4 Å². The van der Waals surface area contributed by atoms with Crippen LogP contribution in [0.1, 0.15) is 19.3 Å². The summed E-state index contributed by atoms with van der Waals surface area (Å²) in [6.07, 6.45) is 5.60. The lowest BCUT2D eigenvalue weighted by molar-refractivity contribution is 0.180. The maximum absolute atomic E-state index is 13.2. The summed E-state index contributed by atoms with van der Waals surface area (Å²) in [5.74, 6) is 1.08. The summed E-state index contributed by atoms with van der Waals surface area (Å²) in [7, 11) is 1.62. The molecule has 158 valence electrons. The van der Waals surface area contributed by atoms with Crippen LogP contribution in [0.15, 0.2) is 54.7 Å². The van der Waals surface area contributed by atoms with Crippen molar-refractivity contribution in [3.63, 3.8) is 0 Å². The summed E-state index contributed by atoms with van der Waals surface area (Å²) in [6, 6.07) is 13.4. The van der Waals surface area contributed by atoms with Gasteiger partial charge in [-0.05, 0) is 61.8 Å². The van der Waals surface area contributed by atoms with E-state index in [4.69, 9.17) is 9.47 Å². The van der Waals surface area contributed by atoms with E-state index in [-0.39, 0.29) is 11.7 Å². The molecular weight excluding hydrogens is 383 g/mol. The van der Waals surface area contributed by atoms with E-state index < -0.39 is 0 Å². The maximum Gasteiger partial charge on any atom is 0.203 e. The number of likely N-dealkylation sites (tertiary alicyclic amines) is 1. The third-order valence-electron chi connectivity index (χ3n) is 5.55. The van der Waals surface area contributed by atoms with Crippen molar-refractivity contribution in [2.24, 2.45) is 0 Å². The second-order valence-corrected chi connectivity index (χ2v) is 7.52. The molecule has 0 bridgehead atoms. The number of nitrogens with zero attached hydrogens (tertiary/aromatic N) is 2. The molecule has 30 heavy (non-hydrogen) atoms. The Morgan fingerprint density at radius 3 is 2.47 bits per heavy atom. The summed E-state index contributed by atoms with van der Waals surface area (Å²) < 4.78 is 26.4. The fourth-order valence-electron chi connectivity index (χ4n) is 3.88. The van der Waals surface area contributed by atoms with Crippen LogP contribution in [0.4, 0.5) is 4.39 Å². The number of aromatic hydroxyl groups is 1. The van der Waals surface area contributed by atoms with Crippen LogP contribution in [-0.2, 0) is 0 Å². The first kappa shape index (κ1) is 20.3. The number of hydrogen-bond donors (Lipinski definition) is 1. The minimum absolute atomic E-state index is 0.0889. The third kappa shape index (κ3) is 4.44. The normalized spacial score (nSPS) is 14.6. The van der Waals surface area contributed by atoms with Crippen molar-refractivity contribution in [3.05, 3.63) is 60.5 Å². The van der Waals surface area contributed by atoms with Crippen molar-refractivity contribution in [2.75, 3.05) is 33.4 Å².